The lowest BCUT2D eigenvalue weighted by atomic mass is 10.00. The van der Waals surface area contributed by atoms with Crippen LogP contribution in [0.2, 0.25) is 0 Å². The Labute approximate surface area is 113 Å². The first kappa shape index (κ1) is 13.4. The van der Waals surface area contributed by atoms with Crippen molar-refractivity contribution in [3.63, 3.8) is 0 Å². The Morgan fingerprint density at radius 1 is 1.10 bits per heavy atom. The number of fused-ring (bicyclic) bond motifs is 2. The van der Waals surface area contributed by atoms with E-state index in [2.05, 4.69) is 0 Å². The number of halogens is 4. The summed E-state index contributed by atoms with van der Waals surface area (Å²) in [6, 6.07) is 2.98. The summed E-state index contributed by atoms with van der Waals surface area (Å²) in [5.74, 6) is -1.10. The van der Waals surface area contributed by atoms with Gasteiger partial charge in [0.1, 0.15) is 11.6 Å². The van der Waals surface area contributed by atoms with Crippen LogP contribution in [0.25, 0.3) is 0 Å². The molecule has 0 aliphatic carbocycles. The van der Waals surface area contributed by atoms with Crippen molar-refractivity contribution in [2.45, 2.75) is 43.9 Å². The standard InChI is InChI=1S/C14H13F4NO/c15-13-4-3-10(7-12(13)14(16,17)18)19-8-1-2-9(19)6-11(20)5-8/h3-4,7-9H,1-2,5-6H2. The zero-order chi connectivity index (χ0) is 14.5. The van der Waals surface area contributed by atoms with Gasteiger partial charge in [-0.2, -0.15) is 13.2 Å². The molecule has 2 heterocycles. The van der Waals surface area contributed by atoms with E-state index < -0.39 is 17.6 Å². The molecule has 2 saturated heterocycles. The molecule has 2 aliphatic heterocycles. The molecule has 108 valence electrons. The van der Waals surface area contributed by atoms with Crippen LogP contribution >= 0.6 is 0 Å². The van der Waals surface area contributed by atoms with Crippen LogP contribution in [0.1, 0.15) is 31.2 Å². The third-order valence-electron chi connectivity index (χ3n) is 4.10. The van der Waals surface area contributed by atoms with Crippen LogP contribution < -0.4 is 4.90 Å². The van der Waals surface area contributed by atoms with Crippen LogP contribution in [0.5, 0.6) is 0 Å². The summed E-state index contributed by atoms with van der Waals surface area (Å²) in [5, 5.41) is 0. The van der Waals surface area contributed by atoms with E-state index in [-0.39, 0.29) is 17.9 Å². The third-order valence-corrected chi connectivity index (χ3v) is 4.10. The summed E-state index contributed by atoms with van der Waals surface area (Å²) >= 11 is 0. The summed E-state index contributed by atoms with van der Waals surface area (Å²) in [5.41, 5.74) is -0.884. The molecule has 1 aromatic carbocycles. The molecule has 2 fully saturated rings. The lowest BCUT2D eigenvalue weighted by Crippen LogP contribution is -2.43. The largest absolute Gasteiger partial charge is 0.419 e. The minimum absolute atomic E-state index is 0.0483. The normalized spacial score (nSPS) is 26.2. The molecule has 1 aromatic rings. The van der Waals surface area contributed by atoms with Crippen LogP contribution in [0.15, 0.2) is 18.2 Å². The van der Waals surface area contributed by atoms with E-state index in [1.165, 1.54) is 6.07 Å². The molecule has 2 unspecified atom stereocenters. The molecule has 2 nitrogen and oxygen atoms in total. The second kappa shape index (κ2) is 4.46. The number of carbonyl (C=O) groups is 1. The number of hydrogen-bond acceptors (Lipinski definition) is 2. The summed E-state index contributed by atoms with van der Waals surface area (Å²) in [7, 11) is 0. The number of alkyl halides is 3. The number of anilines is 1. The zero-order valence-corrected chi connectivity index (χ0v) is 10.6. The van der Waals surface area contributed by atoms with E-state index in [4.69, 9.17) is 0 Å². The lowest BCUT2D eigenvalue weighted by molar-refractivity contribution is -0.140. The number of hydrogen-bond donors (Lipinski definition) is 0. The third kappa shape index (κ3) is 2.17. The van der Waals surface area contributed by atoms with Crippen molar-refractivity contribution in [3.8, 4) is 0 Å². The molecule has 6 heteroatoms. The highest BCUT2D eigenvalue weighted by Gasteiger charge is 2.41. The smallest absolute Gasteiger partial charge is 0.365 e. The average Bonchev–Trinajstić information content (AvgIpc) is 2.62. The van der Waals surface area contributed by atoms with Crippen molar-refractivity contribution >= 4 is 11.5 Å². The van der Waals surface area contributed by atoms with E-state index in [0.29, 0.717) is 18.5 Å². The number of piperidine rings is 1. The van der Waals surface area contributed by atoms with Gasteiger partial charge in [0.15, 0.2) is 0 Å². The Bertz CT molecular complexity index is 539. The van der Waals surface area contributed by atoms with Crippen molar-refractivity contribution in [1.82, 2.24) is 0 Å². The molecule has 0 spiro atoms. The van der Waals surface area contributed by atoms with Gasteiger partial charge in [-0.3, -0.25) is 4.79 Å². The summed E-state index contributed by atoms with van der Waals surface area (Å²) in [6.45, 7) is 0. The minimum Gasteiger partial charge on any atom is -0.365 e. The molecule has 0 amide bonds. The SMILES string of the molecule is O=C1CC2CCC(C1)N2c1ccc(F)c(C(F)(F)F)c1. The fourth-order valence-electron chi connectivity index (χ4n) is 3.28. The Morgan fingerprint density at radius 2 is 1.70 bits per heavy atom. The first-order chi connectivity index (χ1) is 9.36. The van der Waals surface area contributed by atoms with E-state index >= 15 is 0 Å². The lowest BCUT2D eigenvalue weighted by Gasteiger charge is -2.36. The maximum atomic E-state index is 13.3. The van der Waals surface area contributed by atoms with E-state index in [9.17, 15) is 22.4 Å². The van der Waals surface area contributed by atoms with Gasteiger partial charge in [-0.05, 0) is 31.0 Å². The maximum absolute atomic E-state index is 13.3. The quantitative estimate of drug-likeness (QED) is 0.736. The van der Waals surface area contributed by atoms with Gasteiger partial charge in [-0.15, -0.1) is 0 Å². The highest BCUT2D eigenvalue weighted by Crippen LogP contribution is 2.40. The first-order valence-corrected chi connectivity index (χ1v) is 6.53. The fraction of sp³-hybridized carbons (Fsp3) is 0.500. The molecular formula is C14H13F4NO. The van der Waals surface area contributed by atoms with E-state index in [0.717, 1.165) is 25.0 Å². The van der Waals surface area contributed by atoms with Gasteiger partial charge >= 0.3 is 6.18 Å². The van der Waals surface area contributed by atoms with Gasteiger partial charge in [0.05, 0.1) is 5.56 Å². The monoisotopic (exact) mass is 287 g/mol. The second-order valence-corrected chi connectivity index (χ2v) is 5.40. The average molecular weight is 287 g/mol. The summed E-state index contributed by atoms with van der Waals surface area (Å²) < 4.78 is 51.6. The Morgan fingerprint density at radius 3 is 2.25 bits per heavy atom. The maximum Gasteiger partial charge on any atom is 0.419 e. The van der Waals surface area contributed by atoms with Gasteiger partial charge < -0.3 is 4.90 Å². The topological polar surface area (TPSA) is 20.3 Å². The number of benzene rings is 1. The molecule has 2 atom stereocenters. The predicted octanol–water partition coefficient (Wildman–Crippen LogP) is 3.54. The summed E-state index contributed by atoms with van der Waals surface area (Å²) in [6.07, 6.45) is -2.36. The molecule has 2 bridgehead atoms. The van der Waals surface area contributed by atoms with E-state index in [1.807, 2.05) is 4.90 Å². The minimum atomic E-state index is -4.70. The molecule has 20 heavy (non-hydrogen) atoms. The molecule has 3 rings (SSSR count). The van der Waals surface area contributed by atoms with Gasteiger partial charge in [0, 0.05) is 30.6 Å². The van der Waals surface area contributed by atoms with E-state index in [1.54, 1.807) is 0 Å². The molecule has 0 radical (unpaired) electrons. The number of nitrogens with zero attached hydrogens (tertiary/aromatic N) is 1. The Balaban J connectivity index is 1.98. The molecule has 2 aliphatic rings. The second-order valence-electron chi connectivity index (χ2n) is 5.40. The van der Waals surface area contributed by atoms with Crippen molar-refractivity contribution in [2.24, 2.45) is 0 Å². The van der Waals surface area contributed by atoms with Crippen LogP contribution in [0.3, 0.4) is 0 Å². The fourth-order valence-corrected chi connectivity index (χ4v) is 3.28. The highest BCUT2D eigenvalue weighted by atomic mass is 19.4. The van der Waals surface area contributed by atoms with Crippen molar-refractivity contribution in [2.75, 3.05) is 4.90 Å². The summed E-state index contributed by atoms with van der Waals surface area (Å²) in [4.78, 5) is 13.4. The molecular weight excluding hydrogens is 274 g/mol. The van der Waals surface area contributed by atoms with Crippen LogP contribution in [-0.2, 0) is 11.0 Å². The van der Waals surface area contributed by atoms with Crippen molar-refractivity contribution in [3.05, 3.63) is 29.6 Å². The van der Waals surface area contributed by atoms with Gasteiger partial charge in [0.2, 0.25) is 0 Å². The first-order valence-electron chi connectivity index (χ1n) is 6.53. The Kier molecular flexibility index (Phi) is 2.99. The van der Waals surface area contributed by atoms with Gasteiger partial charge in [-0.1, -0.05) is 0 Å². The number of rotatable bonds is 1. The molecule has 0 N–H and O–H groups in total. The van der Waals surface area contributed by atoms with Crippen LogP contribution in [0.4, 0.5) is 23.2 Å². The highest BCUT2D eigenvalue weighted by molar-refractivity contribution is 5.83. The van der Waals surface area contributed by atoms with Crippen LogP contribution in [0, 0.1) is 5.82 Å². The van der Waals surface area contributed by atoms with Gasteiger partial charge in [0.25, 0.3) is 0 Å². The number of ketones is 1. The van der Waals surface area contributed by atoms with Crippen LogP contribution in [-0.4, -0.2) is 17.9 Å². The molecule has 0 aromatic heterocycles. The predicted molar refractivity (Wildman–Crippen MR) is 64.9 cm³/mol. The Hall–Kier alpha value is -1.59. The number of carbonyl (C=O) groups excluding carboxylic acids is 1. The number of Topliss-reactive ketones (excluding diaryl/α,β-unsaturated/α-hetero) is 1. The van der Waals surface area contributed by atoms with Crippen molar-refractivity contribution < 1.29 is 22.4 Å². The van der Waals surface area contributed by atoms with Gasteiger partial charge in [-0.25, -0.2) is 4.39 Å². The zero-order valence-electron chi connectivity index (χ0n) is 10.6. The van der Waals surface area contributed by atoms with Crippen molar-refractivity contribution in [1.29, 1.82) is 0 Å². The molecule has 0 saturated carbocycles.